The number of carbonyl (C=O) groups is 1. The number of hydrogen-bond donors (Lipinski definition) is 2. The molecule has 19 heavy (non-hydrogen) atoms. The normalized spacial score (nSPS) is 22.2. The van der Waals surface area contributed by atoms with E-state index in [4.69, 9.17) is 4.74 Å². The van der Waals surface area contributed by atoms with Gasteiger partial charge >= 0.3 is 6.09 Å². The lowest BCUT2D eigenvalue weighted by Gasteiger charge is -2.29. The van der Waals surface area contributed by atoms with Crippen molar-refractivity contribution >= 4 is 6.09 Å². The molecule has 0 spiro atoms. The van der Waals surface area contributed by atoms with Gasteiger partial charge in [-0.3, -0.25) is 0 Å². The van der Waals surface area contributed by atoms with Crippen LogP contribution in [0.4, 0.5) is 4.79 Å². The van der Waals surface area contributed by atoms with E-state index in [0.29, 0.717) is 13.1 Å². The Morgan fingerprint density at radius 2 is 1.89 bits per heavy atom. The number of carbonyl (C=O) groups excluding carboxylic acids is 1. The van der Waals surface area contributed by atoms with Crippen molar-refractivity contribution in [3.05, 3.63) is 0 Å². The second-order valence-corrected chi connectivity index (χ2v) is 6.71. The molecule has 1 amide bonds. The zero-order valence-corrected chi connectivity index (χ0v) is 12.6. The molecule has 112 valence electrons. The van der Waals surface area contributed by atoms with Gasteiger partial charge < -0.3 is 19.8 Å². The second-order valence-electron chi connectivity index (χ2n) is 6.71. The van der Waals surface area contributed by atoms with Crippen molar-refractivity contribution in [1.29, 1.82) is 0 Å². The smallest absolute Gasteiger partial charge is 0.410 e. The summed E-state index contributed by atoms with van der Waals surface area (Å²) in [5.41, 5.74) is -0.497. The highest BCUT2D eigenvalue weighted by atomic mass is 16.6. The van der Waals surface area contributed by atoms with Crippen molar-refractivity contribution < 1.29 is 19.7 Å². The van der Waals surface area contributed by atoms with Crippen LogP contribution in [0.25, 0.3) is 0 Å². The summed E-state index contributed by atoms with van der Waals surface area (Å²) in [6.45, 7) is 10.6. The molecule has 2 N–H and O–H groups in total. The molecule has 0 aromatic heterocycles. The fourth-order valence-electron chi connectivity index (χ4n) is 2.73. The van der Waals surface area contributed by atoms with E-state index in [0.717, 1.165) is 6.42 Å². The molecule has 0 aromatic rings. The van der Waals surface area contributed by atoms with Crippen molar-refractivity contribution in [2.24, 2.45) is 17.8 Å². The van der Waals surface area contributed by atoms with Crippen molar-refractivity contribution in [1.82, 2.24) is 4.90 Å². The maximum atomic E-state index is 11.9. The van der Waals surface area contributed by atoms with Gasteiger partial charge in [0.05, 0.1) is 0 Å². The Morgan fingerprint density at radius 3 is 2.32 bits per heavy atom. The second kappa shape index (κ2) is 6.09. The molecule has 1 aliphatic heterocycles. The first-order valence-electron chi connectivity index (χ1n) is 6.96. The van der Waals surface area contributed by atoms with Crippen LogP contribution in [-0.2, 0) is 4.74 Å². The molecule has 0 saturated carbocycles. The largest absolute Gasteiger partial charge is 0.444 e. The lowest BCUT2D eigenvalue weighted by molar-refractivity contribution is -0.113. The minimum Gasteiger partial charge on any atom is -0.444 e. The number of ether oxygens (including phenoxy) is 1. The Morgan fingerprint density at radius 1 is 1.32 bits per heavy atom. The molecule has 0 aromatic carbocycles. The first kappa shape index (κ1) is 16.2. The summed E-state index contributed by atoms with van der Waals surface area (Å²) >= 11 is 0. The van der Waals surface area contributed by atoms with Crippen molar-refractivity contribution in [2.45, 2.75) is 52.9 Å². The zero-order valence-electron chi connectivity index (χ0n) is 12.6. The molecule has 0 aliphatic carbocycles. The summed E-state index contributed by atoms with van der Waals surface area (Å²) in [5, 5.41) is 19.0. The van der Waals surface area contributed by atoms with E-state index >= 15 is 0 Å². The van der Waals surface area contributed by atoms with Gasteiger partial charge in [0.25, 0.3) is 0 Å². The fourth-order valence-corrected chi connectivity index (χ4v) is 2.73. The van der Waals surface area contributed by atoms with E-state index in [-0.39, 0.29) is 23.8 Å². The van der Waals surface area contributed by atoms with Gasteiger partial charge in [-0.05, 0) is 39.0 Å². The Balaban J connectivity index is 2.60. The van der Waals surface area contributed by atoms with Crippen LogP contribution in [0.1, 0.15) is 41.0 Å². The first-order valence-corrected chi connectivity index (χ1v) is 6.96. The maximum absolute atomic E-state index is 11.9. The third-order valence-corrected chi connectivity index (χ3v) is 3.53. The number of hydrogen-bond acceptors (Lipinski definition) is 4. The van der Waals surface area contributed by atoms with Crippen molar-refractivity contribution in [2.75, 3.05) is 13.1 Å². The van der Waals surface area contributed by atoms with Crippen molar-refractivity contribution in [3.8, 4) is 0 Å². The number of rotatable bonds is 3. The lowest BCUT2D eigenvalue weighted by Crippen LogP contribution is -2.38. The van der Waals surface area contributed by atoms with Gasteiger partial charge in [-0.2, -0.15) is 0 Å². The molecular formula is C14H27NO4. The topological polar surface area (TPSA) is 70.0 Å². The lowest BCUT2D eigenvalue weighted by atomic mass is 9.82. The predicted octanol–water partition coefficient (Wildman–Crippen LogP) is 1.83. The highest BCUT2D eigenvalue weighted by molar-refractivity contribution is 5.68. The van der Waals surface area contributed by atoms with Crippen LogP contribution in [-0.4, -0.2) is 46.2 Å². The van der Waals surface area contributed by atoms with E-state index in [1.807, 2.05) is 34.6 Å². The summed E-state index contributed by atoms with van der Waals surface area (Å²) in [6.07, 6.45) is -0.854. The minimum absolute atomic E-state index is 0.118. The average molecular weight is 273 g/mol. The number of aliphatic hydroxyl groups excluding tert-OH is 1. The quantitative estimate of drug-likeness (QED) is 0.770. The molecule has 1 saturated heterocycles. The average Bonchev–Trinajstić information content (AvgIpc) is 2.62. The predicted molar refractivity (Wildman–Crippen MR) is 72.5 cm³/mol. The van der Waals surface area contributed by atoms with E-state index in [2.05, 4.69) is 0 Å². The molecule has 1 aliphatic rings. The number of nitrogens with zero attached hydrogens (tertiary/aromatic N) is 1. The van der Waals surface area contributed by atoms with E-state index in [9.17, 15) is 15.0 Å². The maximum Gasteiger partial charge on any atom is 0.410 e. The van der Waals surface area contributed by atoms with Crippen molar-refractivity contribution in [3.63, 3.8) is 0 Å². The van der Waals surface area contributed by atoms with Gasteiger partial charge in [0.2, 0.25) is 0 Å². The van der Waals surface area contributed by atoms with E-state index in [1.165, 1.54) is 0 Å². The van der Waals surface area contributed by atoms with E-state index in [1.54, 1.807) is 4.90 Å². The molecule has 5 nitrogen and oxygen atoms in total. The Labute approximate surface area is 115 Å². The Hall–Kier alpha value is -0.810. The molecular weight excluding hydrogens is 246 g/mol. The Bertz CT molecular complexity index is 301. The van der Waals surface area contributed by atoms with Gasteiger partial charge in [0.1, 0.15) is 5.60 Å². The van der Waals surface area contributed by atoms with Gasteiger partial charge in [0.15, 0.2) is 6.29 Å². The van der Waals surface area contributed by atoms with Crippen LogP contribution in [0.5, 0.6) is 0 Å². The molecule has 5 heteroatoms. The van der Waals surface area contributed by atoms with Gasteiger partial charge in [-0.1, -0.05) is 13.8 Å². The highest BCUT2D eigenvalue weighted by Crippen LogP contribution is 2.32. The fraction of sp³-hybridized carbons (Fsp3) is 0.929. The number of amides is 1. The molecule has 1 fully saturated rings. The summed E-state index contributed by atoms with van der Waals surface area (Å²) in [4.78, 5) is 13.6. The SMILES string of the molecule is CC(C)C(C(O)O)C1CCN(C(=O)OC(C)(C)C)C1. The molecule has 2 atom stereocenters. The minimum atomic E-state index is -1.33. The third kappa shape index (κ3) is 4.66. The molecule has 0 radical (unpaired) electrons. The standard InChI is InChI=1S/C14H27NO4/c1-9(2)11(12(16)17)10-6-7-15(8-10)13(18)19-14(3,4)5/h9-12,16-17H,6-8H2,1-5H3. The zero-order chi connectivity index (χ0) is 14.8. The highest BCUT2D eigenvalue weighted by Gasteiger charge is 2.37. The molecule has 1 rings (SSSR count). The summed E-state index contributed by atoms with van der Waals surface area (Å²) in [6, 6.07) is 0. The first-order chi connectivity index (χ1) is 8.61. The van der Waals surface area contributed by atoms with E-state index < -0.39 is 11.9 Å². The molecule has 2 unspecified atom stereocenters. The number of aliphatic hydroxyl groups is 2. The third-order valence-electron chi connectivity index (χ3n) is 3.53. The van der Waals surface area contributed by atoms with Crippen LogP contribution >= 0.6 is 0 Å². The van der Waals surface area contributed by atoms with Crippen LogP contribution in [0, 0.1) is 17.8 Å². The van der Waals surface area contributed by atoms with Gasteiger partial charge in [-0.25, -0.2) is 4.79 Å². The van der Waals surface area contributed by atoms with Crippen LogP contribution in [0.3, 0.4) is 0 Å². The summed E-state index contributed by atoms with van der Waals surface area (Å²) in [5.74, 6) is 0.0866. The van der Waals surface area contributed by atoms with Gasteiger partial charge in [0, 0.05) is 19.0 Å². The van der Waals surface area contributed by atoms with Crippen LogP contribution in [0.2, 0.25) is 0 Å². The van der Waals surface area contributed by atoms with Crippen LogP contribution < -0.4 is 0 Å². The summed E-state index contributed by atoms with van der Waals surface area (Å²) < 4.78 is 5.33. The van der Waals surface area contributed by atoms with Gasteiger partial charge in [-0.15, -0.1) is 0 Å². The van der Waals surface area contributed by atoms with Crippen LogP contribution in [0.15, 0.2) is 0 Å². The Kier molecular flexibility index (Phi) is 5.21. The number of likely N-dealkylation sites (tertiary alicyclic amines) is 1. The molecule has 0 bridgehead atoms. The molecule has 1 heterocycles. The monoisotopic (exact) mass is 273 g/mol. The summed E-state index contributed by atoms with van der Waals surface area (Å²) in [7, 11) is 0.